The molecule has 0 bridgehead atoms. The fourth-order valence-corrected chi connectivity index (χ4v) is 5.96. The monoisotopic (exact) mass is 616 g/mol. The lowest BCUT2D eigenvalue weighted by Gasteiger charge is -2.29. The van der Waals surface area contributed by atoms with Crippen molar-refractivity contribution < 1.29 is 35.5 Å². The van der Waals surface area contributed by atoms with Gasteiger partial charge in [-0.25, -0.2) is 18.4 Å². The number of carbonyl (C=O) groups is 1. The smallest absolute Gasteiger partial charge is 0.396 e. The van der Waals surface area contributed by atoms with Gasteiger partial charge >= 0.3 is 6.18 Å². The number of aromatic nitrogens is 3. The summed E-state index contributed by atoms with van der Waals surface area (Å²) in [6, 6.07) is 3.25. The molecule has 0 aliphatic heterocycles. The maximum Gasteiger partial charge on any atom is 0.435 e. The zero-order chi connectivity index (χ0) is 28.6. The first-order valence-electron chi connectivity index (χ1n) is 11.3. The molecule has 204 valence electrons. The Labute approximate surface area is 223 Å². The molecule has 39 heavy (non-hydrogen) atoms. The molecule has 4 atom stereocenters. The van der Waals surface area contributed by atoms with Crippen molar-refractivity contribution in [2.24, 2.45) is 11.7 Å². The van der Waals surface area contributed by atoms with Crippen LogP contribution in [0.2, 0.25) is 0 Å². The molecule has 2 heterocycles. The first-order valence-corrected chi connectivity index (χ1v) is 12.1. The van der Waals surface area contributed by atoms with Gasteiger partial charge in [0.1, 0.15) is 29.4 Å². The predicted molar refractivity (Wildman–Crippen MR) is 124 cm³/mol. The number of hydrogen-bond donors (Lipinski definition) is 2. The van der Waals surface area contributed by atoms with Crippen LogP contribution in [0.1, 0.15) is 58.2 Å². The van der Waals surface area contributed by atoms with Gasteiger partial charge in [-0.2, -0.15) is 32.3 Å². The van der Waals surface area contributed by atoms with E-state index in [0.717, 1.165) is 12.1 Å². The summed E-state index contributed by atoms with van der Waals surface area (Å²) >= 11 is 3.17. The molecule has 4 N–H and O–H groups in total. The Balaban J connectivity index is 1.77. The third-order valence-corrected chi connectivity index (χ3v) is 7.60. The van der Waals surface area contributed by atoms with Crippen LogP contribution in [-0.4, -0.2) is 20.7 Å². The summed E-state index contributed by atoms with van der Waals surface area (Å²) in [6.45, 7) is 0. The van der Waals surface area contributed by atoms with Crippen molar-refractivity contribution in [1.82, 2.24) is 14.8 Å². The molecule has 1 unspecified atom stereocenters. The van der Waals surface area contributed by atoms with Crippen LogP contribution in [-0.2, 0) is 23.3 Å². The normalized spacial score (nSPS) is 20.6. The van der Waals surface area contributed by atoms with E-state index in [1.54, 1.807) is 6.07 Å². The molecule has 15 heteroatoms. The SMILES string of the molecule is N#Cc1nc([C@@H](Cc2cc(F)cc(F)c2)C(C(N)=O)n2nc(C(F)(F)F)c3c2C(F)(F)[C@@H]2C[C@H]32)c(Br)cc1N. The summed E-state index contributed by atoms with van der Waals surface area (Å²) in [6.07, 6.45) is -5.82. The molecule has 1 amide bonds. The summed E-state index contributed by atoms with van der Waals surface area (Å²) in [5.41, 5.74) is 7.27. The highest BCUT2D eigenvalue weighted by Crippen LogP contribution is 2.69. The quantitative estimate of drug-likeness (QED) is 0.375. The number of amides is 1. The van der Waals surface area contributed by atoms with Gasteiger partial charge in [-0.05, 0) is 58.5 Å². The largest absolute Gasteiger partial charge is 0.435 e. The fourth-order valence-electron chi connectivity index (χ4n) is 5.33. The van der Waals surface area contributed by atoms with Crippen molar-refractivity contribution in [3.63, 3.8) is 0 Å². The van der Waals surface area contributed by atoms with Crippen LogP contribution in [0.25, 0.3) is 0 Å². The van der Waals surface area contributed by atoms with Crippen LogP contribution in [0.5, 0.6) is 0 Å². The molecule has 0 radical (unpaired) electrons. The van der Waals surface area contributed by atoms with E-state index < -0.39 is 76.8 Å². The van der Waals surface area contributed by atoms with Crippen LogP contribution in [0.15, 0.2) is 28.7 Å². The lowest BCUT2D eigenvalue weighted by molar-refractivity contribution is -0.142. The Morgan fingerprint density at radius 2 is 1.87 bits per heavy atom. The first kappa shape index (κ1) is 26.9. The molecule has 0 saturated heterocycles. The van der Waals surface area contributed by atoms with Gasteiger partial charge in [0.25, 0.3) is 5.92 Å². The predicted octanol–water partition coefficient (Wildman–Crippen LogP) is 5.05. The molecule has 2 aliphatic carbocycles. The van der Waals surface area contributed by atoms with Gasteiger partial charge in [0.2, 0.25) is 5.91 Å². The summed E-state index contributed by atoms with van der Waals surface area (Å²) < 4.78 is 101. The Kier molecular flexibility index (Phi) is 6.17. The number of benzene rings is 1. The molecule has 0 spiro atoms. The van der Waals surface area contributed by atoms with Crippen molar-refractivity contribution >= 4 is 27.5 Å². The van der Waals surface area contributed by atoms with Gasteiger partial charge in [-0.15, -0.1) is 0 Å². The average molecular weight is 617 g/mol. The first-order chi connectivity index (χ1) is 18.1. The minimum atomic E-state index is -5.12. The number of pyridine rings is 1. The topological polar surface area (TPSA) is 124 Å². The minimum Gasteiger partial charge on any atom is -0.396 e. The highest BCUT2D eigenvalue weighted by Gasteiger charge is 2.69. The molecule has 3 aromatic rings. The van der Waals surface area contributed by atoms with Crippen molar-refractivity contribution in [3.05, 3.63) is 74.3 Å². The van der Waals surface area contributed by atoms with Gasteiger partial charge in [-0.3, -0.25) is 4.79 Å². The van der Waals surface area contributed by atoms with E-state index >= 15 is 8.78 Å². The summed E-state index contributed by atoms with van der Waals surface area (Å²) in [5, 5.41) is 12.9. The minimum absolute atomic E-state index is 0.0431. The van der Waals surface area contributed by atoms with E-state index in [1.807, 2.05) is 0 Å². The number of nitrogen functional groups attached to an aromatic ring is 1. The van der Waals surface area contributed by atoms with Crippen molar-refractivity contribution in [1.29, 1.82) is 5.26 Å². The number of carbonyl (C=O) groups excluding carboxylic acids is 1. The number of hydrogen-bond acceptors (Lipinski definition) is 5. The Morgan fingerprint density at radius 3 is 2.44 bits per heavy atom. The number of halogens is 8. The van der Waals surface area contributed by atoms with Gasteiger partial charge in [0, 0.05) is 27.9 Å². The maximum absolute atomic E-state index is 15.3. The third kappa shape index (κ3) is 4.40. The number of fused-ring (bicyclic) bond motifs is 3. The molecule has 7 nitrogen and oxygen atoms in total. The molecule has 2 aliphatic rings. The van der Waals surface area contributed by atoms with Crippen LogP contribution in [0.4, 0.5) is 36.4 Å². The van der Waals surface area contributed by atoms with Crippen molar-refractivity contribution in [3.8, 4) is 6.07 Å². The second kappa shape index (κ2) is 8.94. The van der Waals surface area contributed by atoms with Gasteiger partial charge < -0.3 is 11.5 Å². The second-order valence-corrected chi connectivity index (χ2v) is 10.3. The van der Waals surface area contributed by atoms with Crippen molar-refractivity contribution in [2.45, 2.75) is 42.8 Å². The highest BCUT2D eigenvalue weighted by molar-refractivity contribution is 9.10. The van der Waals surface area contributed by atoms with Crippen LogP contribution in [0, 0.1) is 28.9 Å². The number of alkyl halides is 5. The number of primary amides is 1. The Morgan fingerprint density at radius 1 is 1.23 bits per heavy atom. The van der Waals surface area contributed by atoms with Gasteiger partial charge in [0.15, 0.2) is 11.4 Å². The average Bonchev–Trinajstić information content (AvgIpc) is 3.45. The lowest BCUT2D eigenvalue weighted by atomic mass is 9.87. The molecular weight excluding hydrogens is 601 g/mol. The highest BCUT2D eigenvalue weighted by atomic mass is 79.9. The maximum atomic E-state index is 15.3. The Bertz CT molecular complexity index is 1540. The van der Waals surface area contributed by atoms with Crippen molar-refractivity contribution in [2.75, 3.05) is 5.73 Å². The summed E-state index contributed by atoms with van der Waals surface area (Å²) in [4.78, 5) is 17.0. The zero-order valence-electron chi connectivity index (χ0n) is 19.4. The summed E-state index contributed by atoms with van der Waals surface area (Å²) in [5.74, 6) is -11.2. The van der Waals surface area contributed by atoms with E-state index in [0.29, 0.717) is 6.07 Å². The van der Waals surface area contributed by atoms with Crippen LogP contribution >= 0.6 is 15.9 Å². The number of nitrogens with zero attached hydrogens (tertiary/aromatic N) is 4. The molecule has 1 fully saturated rings. The van der Waals surface area contributed by atoms with E-state index in [-0.39, 0.29) is 38.2 Å². The van der Waals surface area contributed by atoms with Crippen LogP contribution < -0.4 is 11.5 Å². The molecule has 1 saturated carbocycles. The van der Waals surface area contributed by atoms with Gasteiger partial charge in [-0.1, -0.05) is 0 Å². The number of nitriles is 1. The summed E-state index contributed by atoms with van der Waals surface area (Å²) in [7, 11) is 0. The van der Waals surface area contributed by atoms with Crippen LogP contribution in [0.3, 0.4) is 0 Å². The van der Waals surface area contributed by atoms with E-state index in [9.17, 15) is 32.0 Å². The fraction of sp³-hybridized carbons (Fsp3) is 0.333. The number of anilines is 1. The third-order valence-electron chi connectivity index (χ3n) is 6.96. The van der Waals surface area contributed by atoms with E-state index in [4.69, 9.17) is 11.5 Å². The van der Waals surface area contributed by atoms with Gasteiger partial charge in [0.05, 0.1) is 11.4 Å². The molecular formula is C24H16BrF7N6O. The molecule has 1 aromatic carbocycles. The standard InChI is InChI=1S/C24H16BrF7N6O/c25-14-6-15(34)16(7-33)36-18(14)12(3-8-1-9(26)4-10(27)2-8)19(22(35)39)38-21-17(20(37-38)24(30,31)32)11-5-13(11)23(21,28)29/h1-2,4,6,11-13,19H,3,5,34H2,(H2,35,39)/t11-,12+,13+,19?/m0/s1. The second-order valence-electron chi connectivity index (χ2n) is 9.47. The molecule has 2 aromatic heterocycles. The Hall–Kier alpha value is -3.67. The van der Waals surface area contributed by atoms with E-state index in [2.05, 4.69) is 26.0 Å². The molecule has 5 rings (SSSR count). The number of rotatable bonds is 6. The zero-order valence-corrected chi connectivity index (χ0v) is 21.0. The number of nitrogens with two attached hydrogens (primary N) is 2. The van der Waals surface area contributed by atoms with E-state index in [1.165, 1.54) is 6.07 Å². The lowest BCUT2D eigenvalue weighted by Crippen LogP contribution is -2.37.